The van der Waals surface area contributed by atoms with E-state index in [0.717, 1.165) is 55.8 Å². The molecule has 0 spiro atoms. The maximum absolute atomic E-state index is 13.0. The molecule has 1 N–H and O–H groups in total. The Bertz CT molecular complexity index is 940. The summed E-state index contributed by atoms with van der Waals surface area (Å²) in [6, 6.07) is 4.34. The van der Waals surface area contributed by atoms with E-state index in [1.165, 1.54) is 12.1 Å². The second-order valence-electron chi connectivity index (χ2n) is 7.43. The van der Waals surface area contributed by atoms with Crippen molar-refractivity contribution in [2.24, 2.45) is 0 Å². The number of carbonyl (C=O) groups is 2. The van der Waals surface area contributed by atoms with Crippen LogP contribution in [-0.2, 0) is 11.0 Å². The Balaban J connectivity index is 1.45. The maximum Gasteiger partial charge on any atom is 0.416 e. The van der Waals surface area contributed by atoms with Gasteiger partial charge in [-0.2, -0.15) is 13.2 Å². The molecule has 30 heavy (non-hydrogen) atoms. The normalized spacial score (nSPS) is 19.4. The molecule has 4 rings (SSSR count). The molecule has 0 bridgehead atoms. The third kappa shape index (κ3) is 4.28. The highest BCUT2D eigenvalue weighted by Gasteiger charge is 2.38. The minimum Gasteiger partial charge on any atom is -0.341 e. The van der Waals surface area contributed by atoms with Crippen LogP contribution in [0.4, 0.5) is 24.0 Å². The van der Waals surface area contributed by atoms with Crippen molar-refractivity contribution in [1.29, 1.82) is 0 Å². The number of amides is 2. The number of alkyl halides is 3. The van der Waals surface area contributed by atoms with Gasteiger partial charge in [-0.25, -0.2) is 4.98 Å². The number of hydrogen-bond acceptors (Lipinski definition) is 5. The van der Waals surface area contributed by atoms with Gasteiger partial charge in [0.2, 0.25) is 5.91 Å². The van der Waals surface area contributed by atoms with Gasteiger partial charge in [-0.15, -0.1) is 11.3 Å². The number of thiazole rings is 1. The number of halogens is 3. The fourth-order valence-corrected chi connectivity index (χ4v) is 4.59. The monoisotopic (exact) mass is 438 g/mol. The molecule has 1 aromatic carbocycles. The summed E-state index contributed by atoms with van der Waals surface area (Å²) in [6.45, 7) is 1.97. The van der Waals surface area contributed by atoms with Crippen LogP contribution >= 0.6 is 11.3 Å². The molecule has 0 radical (unpaired) electrons. The molecule has 2 aromatic rings. The van der Waals surface area contributed by atoms with Crippen molar-refractivity contribution in [2.75, 3.05) is 25.0 Å². The molecule has 1 aromatic heterocycles. The molecule has 2 aliphatic rings. The number of benzene rings is 1. The summed E-state index contributed by atoms with van der Waals surface area (Å²) in [6.07, 6.45) is -1.06. The number of aromatic nitrogens is 1. The van der Waals surface area contributed by atoms with Gasteiger partial charge >= 0.3 is 6.18 Å². The summed E-state index contributed by atoms with van der Waals surface area (Å²) in [5.41, 5.74) is -0.335. The first kappa shape index (κ1) is 20.6. The van der Waals surface area contributed by atoms with Crippen molar-refractivity contribution >= 4 is 34.0 Å². The summed E-state index contributed by atoms with van der Waals surface area (Å²) in [4.78, 5) is 33.3. The Labute approximate surface area is 175 Å². The number of likely N-dealkylation sites (tertiary alicyclic amines) is 2. The number of anilines is 2. The molecule has 2 aliphatic heterocycles. The Kier molecular flexibility index (Phi) is 5.68. The molecule has 2 saturated heterocycles. The fraction of sp³-hybridized carbons (Fsp3) is 0.450. The zero-order chi connectivity index (χ0) is 21.3. The Morgan fingerprint density at radius 3 is 2.63 bits per heavy atom. The van der Waals surface area contributed by atoms with Gasteiger partial charge in [0.05, 0.1) is 5.56 Å². The average Bonchev–Trinajstić information content (AvgIpc) is 3.47. The van der Waals surface area contributed by atoms with Crippen LogP contribution in [0.2, 0.25) is 0 Å². The van der Waals surface area contributed by atoms with E-state index in [0.29, 0.717) is 18.1 Å². The van der Waals surface area contributed by atoms with Gasteiger partial charge in [-0.3, -0.25) is 9.59 Å². The van der Waals surface area contributed by atoms with Crippen LogP contribution in [0.5, 0.6) is 0 Å². The van der Waals surface area contributed by atoms with Crippen molar-refractivity contribution in [3.8, 4) is 0 Å². The highest BCUT2D eigenvalue weighted by molar-refractivity contribution is 7.14. The van der Waals surface area contributed by atoms with Gasteiger partial charge in [-0.05, 0) is 43.9 Å². The molecule has 6 nitrogen and oxygen atoms in total. The van der Waals surface area contributed by atoms with Crippen molar-refractivity contribution in [2.45, 2.75) is 37.9 Å². The predicted octanol–water partition coefficient (Wildman–Crippen LogP) is 4.13. The Hall–Kier alpha value is -2.62. The van der Waals surface area contributed by atoms with Crippen LogP contribution in [0.1, 0.15) is 41.7 Å². The van der Waals surface area contributed by atoms with Gasteiger partial charge in [0.25, 0.3) is 5.91 Å². The molecule has 2 amide bonds. The van der Waals surface area contributed by atoms with Gasteiger partial charge in [0.15, 0.2) is 5.13 Å². The first-order chi connectivity index (χ1) is 14.3. The molecule has 1 unspecified atom stereocenters. The van der Waals surface area contributed by atoms with E-state index >= 15 is 0 Å². The Morgan fingerprint density at radius 1 is 1.13 bits per heavy atom. The van der Waals surface area contributed by atoms with E-state index in [1.807, 2.05) is 4.90 Å². The highest BCUT2D eigenvalue weighted by atomic mass is 32.1. The lowest BCUT2D eigenvalue weighted by Gasteiger charge is -2.27. The summed E-state index contributed by atoms with van der Waals surface area (Å²) >= 11 is 1.13. The van der Waals surface area contributed by atoms with Crippen LogP contribution in [-0.4, -0.2) is 52.3 Å². The lowest BCUT2D eigenvalue weighted by molar-refractivity contribution is -0.137. The van der Waals surface area contributed by atoms with Crippen molar-refractivity contribution < 1.29 is 22.8 Å². The summed E-state index contributed by atoms with van der Waals surface area (Å²) in [5, 5.41) is 4.70. The van der Waals surface area contributed by atoms with E-state index < -0.39 is 17.8 Å². The number of nitrogens with one attached hydrogen (secondary N) is 1. The molecule has 160 valence electrons. The van der Waals surface area contributed by atoms with Crippen molar-refractivity contribution in [3.63, 3.8) is 0 Å². The van der Waals surface area contributed by atoms with Crippen LogP contribution in [0.3, 0.4) is 0 Å². The zero-order valence-corrected chi connectivity index (χ0v) is 16.9. The van der Waals surface area contributed by atoms with E-state index in [4.69, 9.17) is 0 Å². The fourth-order valence-electron chi connectivity index (χ4n) is 3.89. The molecular weight excluding hydrogens is 417 g/mol. The Morgan fingerprint density at radius 2 is 1.90 bits per heavy atom. The number of nitrogens with zero attached hydrogens (tertiary/aromatic N) is 3. The van der Waals surface area contributed by atoms with E-state index in [-0.39, 0.29) is 23.2 Å². The minimum atomic E-state index is -4.44. The smallest absolute Gasteiger partial charge is 0.341 e. The quantitative estimate of drug-likeness (QED) is 0.780. The first-order valence-electron chi connectivity index (χ1n) is 9.82. The number of carbonyl (C=O) groups excluding carboxylic acids is 2. The standard InChI is InChI=1S/C20H21F3N4O2S/c21-20(22,23)13-5-3-6-14(11-13)24-19-25-15(12-30-19)17(28)27-10-4-7-16(27)18(29)26-8-1-2-9-26/h3,5-6,11-12,16H,1-2,4,7-10H2,(H,24,25). The van der Waals surface area contributed by atoms with Crippen LogP contribution in [0, 0.1) is 0 Å². The predicted molar refractivity (Wildman–Crippen MR) is 107 cm³/mol. The van der Waals surface area contributed by atoms with Crippen LogP contribution < -0.4 is 5.32 Å². The van der Waals surface area contributed by atoms with Crippen LogP contribution in [0.25, 0.3) is 0 Å². The third-order valence-electron chi connectivity index (χ3n) is 5.38. The topological polar surface area (TPSA) is 65.5 Å². The molecule has 1 atom stereocenters. The minimum absolute atomic E-state index is 0.00380. The lowest BCUT2D eigenvalue weighted by Crippen LogP contribution is -2.47. The van der Waals surface area contributed by atoms with Crippen LogP contribution in [0.15, 0.2) is 29.6 Å². The summed E-state index contributed by atoms with van der Waals surface area (Å²) in [5.74, 6) is -0.325. The average molecular weight is 438 g/mol. The second-order valence-corrected chi connectivity index (χ2v) is 8.29. The van der Waals surface area contributed by atoms with E-state index in [2.05, 4.69) is 10.3 Å². The zero-order valence-electron chi connectivity index (χ0n) is 16.1. The SMILES string of the molecule is O=C(C1CCCN1C(=O)c1csc(Nc2cccc(C(F)(F)F)c2)n1)N1CCCC1. The van der Waals surface area contributed by atoms with Gasteiger partial charge in [0, 0.05) is 30.7 Å². The van der Waals surface area contributed by atoms with Crippen molar-refractivity contribution in [1.82, 2.24) is 14.8 Å². The summed E-state index contributed by atoms with van der Waals surface area (Å²) < 4.78 is 38.6. The first-order valence-corrected chi connectivity index (χ1v) is 10.7. The summed E-state index contributed by atoms with van der Waals surface area (Å²) in [7, 11) is 0. The highest BCUT2D eigenvalue weighted by Crippen LogP contribution is 2.32. The van der Waals surface area contributed by atoms with Gasteiger partial charge in [0.1, 0.15) is 11.7 Å². The molecule has 2 fully saturated rings. The number of hydrogen-bond donors (Lipinski definition) is 1. The molecular formula is C20H21F3N4O2S. The van der Waals surface area contributed by atoms with E-state index in [1.54, 1.807) is 10.3 Å². The molecule has 10 heteroatoms. The maximum atomic E-state index is 13.0. The van der Waals surface area contributed by atoms with Gasteiger partial charge in [-0.1, -0.05) is 6.07 Å². The van der Waals surface area contributed by atoms with Crippen molar-refractivity contribution in [3.05, 3.63) is 40.9 Å². The number of rotatable bonds is 4. The third-order valence-corrected chi connectivity index (χ3v) is 6.14. The second kappa shape index (κ2) is 8.25. The molecule has 0 saturated carbocycles. The van der Waals surface area contributed by atoms with E-state index in [9.17, 15) is 22.8 Å². The lowest BCUT2D eigenvalue weighted by atomic mass is 10.2. The molecule has 3 heterocycles. The van der Waals surface area contributed by atoms with Gasteiger partial charge < -0.3 is 15.1 Å². The molecule has 0 aliphatic carbocycles. The largest absolute Gasteiger partial charge is 0.416 e.